The molecule has 3 aliphatic carbocycles. The average Bonchev–Trinajstić information content (AvgIpc) is 3.68. The van der Waals surface area contributed by atoms with Crippen LogP contribution in [0.15, 0.2) is 212 Å². The molecule has 0 aliphatic heterocycles. The Morgan fingerprint density at radius 2 is 0.787 bits per heavy atom. The van der Waals surface area contributed by atoms with Gasteiger partial charge >= 0.3 is 0 Å². The van der Waals surface area contributed by atoms with Crippen molar-refractivity contribution in [2.75, 3.05) is 4.90 Å². The van der Waals surface area contributed by atoms with E-state index in [1.165, 1.54) is 89.0 Å². The molecule has 12 rings (SSSR count). The fourth-order valence-electron chi connectivity index (χ4n) is 10.9. The van der Waals surface area contributed by atoms with E-state index in [1.54, 1.807) is 0 Å². The van der Waals surface area contributed by atoms with Gasteiger partial charge in [-0.2, -0.15) is 0 Å². The Morgan fingerprint density at radius 1 is 0.311 bits per heavy atom. The lowest BCUT2D eigenvalue weighted by molar-refractivity contribution is 0.660. The Labute approximate surface area is 358 Å². The van der Waals surface area contributed by atoms with Crippen molar-refractivity contribution in [3.8, 4) is 44.5 Å². The number of anilines is 3. The van der Waals surface area contributed by atoms with Gasteiger partial charge in [-0.3, -0.25) is 0 Å². The summed E-state index contributed by atoms with van der Waals surface area (Å²) in [6.07, 6.45) is 4.60. The molecule has 1 nitrogen and oxygen atoms in total. The standard InChI is InChI=1S/C60H43N/c1-59(2)54-24-12-8-19-49(54)50-38-37-47(39-57(50)59)61(45-33-29-41(30-34-45)40-15-4-3-5-16-40)46-35-31-42(32-36-46)48-21-14-26-56-58(48)51-20-9-13-25-55(51)60(56)52-22-10-6-17-43(52)27-28-44-18-7-11-23-53(44)60/h3-39H,1-2H3. The van der Waals surface area contributed by atoms with Gasteiger partial charge in [0.15, 0.2) is 0 Å². The first-order valence-electron chi connectivity index (χ1n) is 21.4. The molecule has 0 bridgehead atoms. The third-order valence-electron chi connectivity index (χ3n) is 13.7. The van der Waals surface area contributed by atoms with Gasteiger partial charge in [0.05, 0.1) is 5.41 Å². The third kappa shape index (κ3) is 5.20. The van der Waals surface area contributed by atoms with Crippen LogP contribution in [0.5, 0.6) is 0 Å². The Bertz CT molecular complexity index is 3150. The molecule has 9 aromatic rings. The van der Waals surface area contributed by atoms with Crippen LogP contribution in [0.2, 0.25) is 0 Å². The first-order valence-corrected chi connectivity index (χ1v) is 21.4. The van der Waals surface area contributed by atoms with Crippen molar-refractivity contribution in [1.29, 1.82) is 0 Å². The van der Waals surface area contributed by atoms with Gasteiger partial charge in [0.1, 0.15) is 0 Å². The van der Waals surface area contributed by atoms with Crippen LogP contribution in [0.3, 0.4) is 0 Å². The zero-order valence-electron chi connectivity index (χ0n) is 34.3. The monoisotopic (exact) mass is 777 g/mol. The Hall–Kier alpha value is -7.48. The molecule has 0 fully saturated rings. The van der Waals surface area contributed by atoms with E-state index >= 15 is 0 Å². The first-order chi connectivity index (χ1) is 30.0. The van der Waals surface area contributed by atoms with Crippen molar-refractivity contribution >= 4 is 29.2 Å². The van der Waals surface area contributed by atoms with Gasteiger partial charge < -0.3 is 4.90 Å². The third-order valence-corrected chi connectivity index (χ3v) is 13.7. The average molecular weight is 778 g/mol. The van der Waals surface area contributed by atoms with Crippen molar-refractivity contribution in [1.82, 2.24) is 0 Å². The molecular formula is C60H43N. The van der Waals surface area contributed by atoms with E-state index in [0.29, 0.717) is 0 Å². The van der Waals surface area contributed by atoms with Gasteiger partial charge in [-0.25, -0.2) is 0 Å². The summed E-state index contributed by atoms with van der Waals surface area (Å²) in [5.74, 6) is 0. The molecule has 0 heterocycles. The summed E-state index contributed by atoms with van der Waals surface area (Å²) in [5, 5.41) is 0. The minimum atomic E-state index is -0.456. The quantitative estimate of drug-likeness (QED) is 0.168. The van der Waals surface area contributed by atoms with E-state index in [1.807, 2.05) is 0 Å². The van der Waals surface area contributed by atoms with Crippen LogP contribution in [0.4, 0.5) is 17.1 Å². The molecule has 0 atom stereocenters. The maximum absolute atomic E-state index is 2.42. The highest BCUT2D eigenvalue weighted by atomic mass is 15.1. The van der Waals surface area contributed by atoms with Gasteiger partial charge in [-0.1, -0.05) is 202 Å². The van der Waals surface area contributed by atoms with E-state index in [-0.39, 0.29) is 5.41 Å². The van der Waals surface area contributed by atoms with Crippen molar-refractivity contribution in [3.63, 3.8) is 0 Å². The summed E-state index contributed by atoms with van der Waals surface area (Å²) in [7, 11) is 0. The Balaban J connectivity index is 1.01. The van der Waals surface area contributed by atoms with E-state index in [4.69, 9.17) is 0 Å². The fourth-order valence-corrected chi connectivity index (χ4v) is 10.9. The first kappa shape index (κ1) is 35.5. The zero-order valence-corrected chi connectivity index (χ0v) is 34.3. The van der Waals surface area contributed by atoms with Crippen LogP contribution < -0.4 is 4.90 Å². The number of benzene rings is 9. The number of hydrogen-bond donors (Lipinski definition) is 0. The van der Waals surface area contributed by atoms with Crippen molar-refractivity contribution in [3.05, 3.63) is 257 Å². The molecule has 1 spiro atoms. The van der Waals surface area contributed by atoms with Crippen LogP contribution in [0, 0.1) is 0 Å². The molecule has 1 heteroatoms. The van der Waals surface area contributed by atoms with Gasteiger partial charge in [0.2, 0.25) is 0 Å². The smallest absolute Gasteiger partial charge is 0.0725 e. The molecule has 0 aromatic heterocycles. The normalized spacial score (nSPS) is 14.3. The number of rotatable bonds is 5. The minimum absolute atomic E-state index is 0.107. The molecule has 9 aromatic carbocycles. The van der Waals surface area contributed by atoms with E-state index < -0.39 is 5.41 Å². The predicted octanol–water partition coefficient (Wildman–Crippen LogP) is 15.6. The molecule has 0 N–H and O–H groups in total. The summed E-state index contributed by atoms with van der Waals surface area (Å²) < 4.78 is 0. The summed E-state index contributed by atoms with van der Waals surface area (Å²) in [4.78, 5) is 2.42. The zero-order chi connectivity index (χ0) is 40.7. The van der Waals surface area contributed by atoms with Crippen molar-refractivity contribution < 1.29 is 0 Å². The van der Waals surface area contributed by atoms with Crippen LogP contribution in [0.25, 0.3) is 56.7 Å². The lowest BCUT2D eigenvalue weighted by Gasteiger charge is -2.35. The number of fused-ring (bicyclic) bond motifs is 12. The van der Waals surface area contributed by atoms with Crippen LogP contribution in [0.1, 0.15) is 58.4 Å². The molecule has 0 saturated heterocycles. The van der Waals surface area contributed by atoms with E-state index in [9.17, 15) is 0 Å². The summed E-state index contributed by atoms with van der Waals surface area (Å²) in [6, 6.07) is 78.9. The fraction of sp³-hybridized carbons (Fsp3) is 0.0667. The second kappa shape index (κ2) is 13.5. The van der Waals surface area contributed by atoms with Gasteiger partial charge in [0.25, 0.3) is 0 Å². The van der Waals surface area contributed by atoms with Crippen molar-refractivity contribution in [2.45, 2.75) is 24.7 Å². The Morgan fingerprint density at radius 3 is 1.46 bits per heavy atom. The lowest BCUT2D eigenvalue weighted by Crippen LogP contribution is -2.29. The topological polar surface area (TPSA) is 3.24 Å². The highest BCUT2D eigenvalue weighted by Crippen LogP contribution is 2.60. The number of hydrogen-bond acceptors (Lipinski definition) is 1. The molecule has 0 amide bonds. The van der Waals surface area contributed by atoms with Crippen molar-refractivity contribution in [2.24, 2.45) is 0 Å². The van der Waals surface area contributed by atoms with E-state index in [0.717, 1.165) is 17.1 Å². The second-order valence-corrected chi connectivity index (χ2v) is 17.2. The van der Waals surface area contributed by atoms with Crippen LogP contribution in [-0.2, 0) is 10.8 Å². The summed E-state index contributed by atoms with van der Waals surface area (Å²) >= 11 is 0. The predicted molar refractivity (Wildman–Crippen MR) is 256 cm³/mol. The summed E-state index contributed by atoms with van der Waals surface area (Å²) in [5.41, 5.74) is 23.5. The largest absolute Gasteiger partial charge is 0.310 e. The highest BCUT2D eigenvalue weighted by molar-refractivity contribution is 5.98. The Kier molecular flexibility index (Phi) is 7.86. The molecule has 3 aliphatic rings. The van der Waals surface area contributed by atoms with Crippen LogP contribution >= 0.6 is 0 Å². The maximum atomic E-state index is 2.42. The molecule has 0 radical (unpaired) electrons. The SMILES string of the molecule is CC1(C)c2ccccc2-c2ccc(N(c3ccc(-c4ccccc4)cc3)c3ccc(-c4cccc5c4-c4ccccc4C54c5ccccc5C=Cc5ccccc54)cc3)cc21. The highest BCUT2D eigenvalue weighted by Gasteiger charge is 2.49. The molecule has 0 unspecified atom stereocenters. The summed E-state index contributed by atoms with van der Waals surface area (Å²) in [6.45, 7) is 4.72. The number of nitrogens with zero attached hydrogens (tertiary/aromatic N) is 1. The van der Waals surface area contributed by atoms with Crippen LogP contribution in [-0.4, -0.2) is 0 Å². The molecular weight excluding hydrogens is 735 g/mol. The van der Waals surface area contributed by atoms with Gasteiger partial charge in [-0.05, 0) is 125 Å². The molecule has 0 saturated carbocycles. The van der Waals surface area contributed by atoms with Gasteiger partial charge in [0, 0.05) is 22.5 Å². The minimum Gasteiger partial charge on any atom is -0.310 e. The molecule has 61 heavy (non-hydrogen) atoms. The van der Waals surface area contributed by atoms with E-state index in [2.05, 4.69) is 243 Å². The van der Waals surface area contributed by atoms with Gasteiger partial charge in [-0.15, -0.1) is 0 Å². The lowest BCUT2D eigenvalue weighted by atomic mass is 9.66. The molecule has 288 valence electrons. The second-order valence-electron chi connectivity index (χ2n) is 17.2. The maximum Gasteiger partial charge on any atom is 0.0725 e.